The summed E-state index contributed by atoms with van der Waals surface area (Å²) in [5.41, 5.74) is 4.65. The third-order valence-electron chi connectivity index (χ3n) is 2.42. The number of carboxylic acid groups (broad SMARTS) is 1. The van der Waals surface area contributed by atoms with E-state index in [4.69, 9.17) is 15.6 Å². The minimum atomic E-state index is -3.99. The molecular weight excluding hydrogens is 302 g/mol. The van der Waals surface area contributed by atoms with Crippen LogP contribution in [0.4, 0.5) is 4.79 Å². The quantitative estimate of drug-likeness (QED) is 0.491. The van der Waals surface area contributed by atoms with Gasteiger partial charge in [0, 0.05) is 13.1 Å². The van der Waals surface area contributed by atoms with Gasteiger partial charge in [-0.3, -0.25) is 0 Å². The number of hydrogen-bond donors (Lipinski definition) is 4. The van der Waals surface area contributed by atoms with E-state index in [1.165, 1.54) is 19.2 Å². The fourth-order valence-electron chi connectivity index (χ4n) is 1.47. The zero-order valence-corrected chi connectivity index (χ0v) is 11.9. The maximum absolute atomic E-state index is 12.1. The van der Waals surface area contributed by atoms with E-state index in [9.17, 15) is 18.0 Å². The summed E-state index contributed by atoms with van der Waals surface area (Å²) in [7, 11) is -2.72. The molecule has 0 bridgehead atoms. The zero-order chi connectivity index (χ0) is 16.0. The number of benzene rings is 1. The number of carbonyl (C=O) groups is 2. The molecule has 1 rings (SSSR count). The van der Waals surface area contributed by atoms with Gasteiger partial charge < -0.3 is 20.9 Å². The highest BCUT2D eigenvalue weighted by Crippen LogP contribution is 2.24. The van der Waals surface area contributed by atoms with Crippen LogP contribution < -0.4 is 20.5 Å². The second-order valence-electron chi connectivity index (χ2n) is 3.86. The Morgan fingerprint density at radius 1 is 1.33 bits per heavy atom. The Labute approximate surface area is 121 Å². The van der Waals surface area contributed by atoms with E-state index in [1.54, 1.807) is 0 Å². The molecule has 0 aromatic heterocycles. The average molecular weight is 317 g/mol. The Hall–Kier alpha value is -2.33. The van der Waals surface area contributed by atoms with Gasteiger partial charge in [-0.15, -0.1) is 0 Å². The van der Waals surface area contributed by atoms with Gasteiger partial charge in [-0.2, -0.15) is 0 Å². The van der Waals surface area contributed by atoms with Crippen LogP contribution in [0, 0.1) is 0 Å². The summed E-state index contributed by atoms with van der Waals surface area (Å²) in [6, 6.07) is 2.69. The van der Waals surface area contributed by atoms with Gasteiger partial charge in [-0.05, 0) is 18.2 Å². The Morgan fingerprint density at radius 3 is 2.52 bits per heavy atom. The van der Waals surface area contributed by atoms with Crippen LogP contribution in [0.15, 0.2) is 23.1 Å². The monoisotopic (exact) mass is 317 g/mol. The lowest BCUT2D eigenvalue weighted by molar-refractivity contribution is 0.0696. The summed E-state index contributed by atoms with van der Waals surface area (Å²) in [6.07, 6.45) is 0. The van der Waals surface area contributed by atoms with Gasteiger partial charge in [-0.25, -0.2) is 22.7 Å². The molecule has 0 unspecified atom stereocenters. The molecule has 10 heteroatoms. The van der Waals surface area contributed by atoms with E-state index in [-0.39, 0.29) is 29.3 Å². The number of carboxylic acids is 1. The Kier molecular flexibility index (Phi) is 5.50. The van der Waals surface area contributed by atoms with E-state index in [0.717, 1.165) is 6.07 Å². The maximum Gasteiger partial charge on any atom is 0.335 e. The summed E-state index contributed by atoms with van der Waals surface area (Å²) in [4.78, 5) is 21.1. The van der Waals surface area contributed by atoms with Crippen molar-refractivity contribution >= 4 is 22.0 Å². The molecule has 0 radical (unpaired) electrons. The van der Waals surface area contributed by atoms with Crippen molar-refractivity contribution in [3.05, 3.63) is 23.8 Å². The minimum Gasteiger partial charge on any atom is -0.495 e. The molecule has 1 aromatic rings. The average Bonchev–Trinajstić information content (AvgIpc) is 2.42. The molecule has 0 saturated carbocycles. The van der Waals surface area contributed by atoms with Crippen LogP contribution in [0.25, 0.3) is 0 Å². The summed E-state index contributed by atoms with van der Waals surface area (Å²) >= 11 is 0. The standard InChI is InChI=1S/C11H15N3O6S/c1-20-8-3-2-7(10(15)16)6-9(8)21(18,19)14-5-4-13-11(12)17/h2-3,6,14H,4-5H2,1H3,(H,15,16)(H3,12,13,17). The number of ether oxygens (including phenoxy) is 1. The lowest BCUT2D eigenvalue weighted by Gasteiger charge is -2.11. The molecule has 0 heterocycles. The van der Waals surface area contributed by atoms with Crippen LogP contribution in [0.3, 0.4) is 0 Å². The highest BCUT2D eigenvalue weighted by atomic mass is 32.2. The summed E-state index contributed by atoms with van der Waals surface area (Å²) in [6.45, 7) is -0.110. The van der Waals surface area contributed by atoms with Gasteiger partial charge >= 0.3 is 12.0 Å². The lowest BCUT2D eigenvalue weighted by Crippen LogP contribution is -2.37. The molecular formula is C11H15N3O6S. The number of nitrogens with one attached hydrogen (secondary N) is 2. The fourth-order valence-corrected chi connectivity index (χ4v) is 2.69. The number of carbonyl (C=O) groups excluding carboxylic acids is 1. The van der Waals surface area contributed by atoms with Crippen LogP contribution in [0.1, 0.15) is 10.4 Å². The van der Waals surface area contributed by atoms with Crippen molar-refractivity contribution in [1.29, 1.82) is 0 Å². The summed E-state index contributed by atoms with van der Waals surface area (Å²) in [5.74, 6) is -1.25. The highest BCUT2D eigenvalue weighted by molar-refractivity contribution is 7.89. The molecule has 0 aliphatic heterocycles. The molecule has 0 fully saturated rings. The first-order chi connectivity index (χ1) is 9.77. The van der Waals surface area contributed by atoms with Gasteiger partial charge in [0.2, 0.25) is 10.0 Å². The number of primary amides is 1. The number of nitrogens with two attached hydrogens (primary N) is 1. The molecule has 116 valence electrons. The van der Waals surface area contributed by atoms with Gasteiger partial charge in [-0.1, -0.05) is 0 Å². The zero-order valence-electron chi connectivity index (χ0n) is 11.1. The van der Waals surface area contributed by atoms with Crippen LogP contribution >= 0.6 is 0 Å². The van der Waals surface area contributed by atoms with E-state index in [0.29, 0.717) is 0 Å². The van der Waals surface area contributed by atoms with Gasteiger partial charge in [0.1, 0.15) is 10.6 Å². The number of sulfonamides is 1. The molecule has 2 amide bonds. The van der Waals surface area contributed by atoms with Crippen molar-refractivity contribution in [2.45, 2.75) is 4.90 Å². The number of hydrogen-bond acceptors (Lipinski definition) is 5. The van der Waals surface area contributed by atoms with Crippen LogP contribution in [-0.4, -0.2) is 45.7 Å². The van der Waals surface area contributed by atoms with Crippen LogP contribution in [0.5, 0.6) is 5.75 Å². The van der Waals surface area contributed by atoms with Crippen LogP contribution in [-0.2, 0) is 10.0 Å². The number of methoxy groups -OCH3 is 1. The van der Waals surface area contributed by atoms with Gasteiger partial charge in [0.25, 0.3) is 0 Å². The summed E-state index contributed by atoms with van der Waals surface area (Å²) in [5, 5.41) is 11.1. The molecule has 0 aliphatic rings. The first-order valence-electron chi connectivity index (χ1n) is 5.72. The Balaban J connectivity index is 2.97. The van der Waals surface area contributed by atoms with Gasteiger partial charge in [0.15, 0.2) is 0 Å². The molecule has 0 aliphatic carbocycles. The normalized spacial score (nSPS) is 10.9. The molecule has 1 aromatic carbocycles. The van der Waals surface area contributed by atoms with Crippen molar-refractivity contribution in [2.75, 3.05) is 20.2 Å². The molecule has 0 atom stereocenters. The first kappa shape index (κ1) is 16.7. The Bertz CT molecular complexity index is 643. The highest BCUT2D eigenvalue weighted by Gasteiger charge is 2.21. The smallest absolute Gasteiger partial charge is 0.335 e. The topological polar surface area (TPSA) is 148 Å². The van der Waals surface area contributed by atoms with Crippen LogP contribution in [0.2, 0.25) is 0 Å². The van der Waals surface area contributed by atoms with Crippen molar-refractivity contribution in [2.24, 2.45) is 5.73 Å². The van der Waals surface area contributed by atoms with Crippen molar-refractivity contribution in [1.82, 2.24) is 10.0 Å². The molecule has 21 heavy (non-hydrogen) atoms. The van der Waals surface area contributed by atoms with Crippen molar-refractivity contribution < 1.29 is 27.9 Å². The first-order valence-corrected chi connectivity index (χ1v) is 7.20. The number of urea groups is 1. The molecule has 0 spiro atoms. The molecule has 0 saturated heterocycles. The van der Waals surface area contributed by atoms with Crippen molar-refractivity contribution in [3.63, 3.8) is 0 Å². The number of amides is 2. The van der Waals surface area contributed by atoms with E-state index >= 15 is 0 Å². The third-order valence-corrected chi connectivity index (χ3v) is 3.90. The second-order valence-corrected chi connectivity index (χ2v) is 5.59. The minimum absolute atomic E-state index is 0.00446. The summed E-state index contributed by atoms with van der Waals surface area (Å²) < 4.78 is 31.3. The SMILES string of the molecule is COc1ccc(C(=O)O)cc1S(=O)(=O)NCCNC(N)=O. The van der Waals surface area contributed by atoms with Gasteiger partial charge in [0.05, 0.1) is 12.7 Å². The third kappa shape index (κ3) is 4.61. The fraction of sp³-hybridized carbons (Fsp3) is 0.273. The Morgan fingerprint density at radius 2 is 2.00 bits per heavy atom. The van der Waals surface area contributed by atoms with E-state index < -0.39 is 22.0 Å². The van der Waals surface area contributed by atoms with Crippen molar-refractivity contribution in [3.8, 4) is 5.75 Å². The number of aromatic carboxylic acids is 1. The molecule has 5 N–H and O–H groups in total. The molecule has 9 nitrogen and oxygen atoms in total. The second kappa shape index (κ2) is 6.90. The van der Waals surface area contributed by atoms with E-state index in [1.807, 2.05) is 0 Å². The predicted octanol–water partition coefficient (Wildman–Crippen LogP) is -0.660. The largest absolute Gasteiger partial charge is 0.495 e. The lowest BCUT2D eigenvalue weighted by atomic mass is 10.2. The van der Waals surface area contributed by atoms with E-state index in [2.05, 4.69) is 10.0 Å². The maximum atomic E-state index is 12.1. The number of rotatable bonds is 7. The predicted molar refractivity (Wildman–Crippen MR) is 72.7 cm³/mol.